The Morgan fingerprint density at radius 1 is 1.67 bits per heavy atom. The molecule has 1 aromatic rings. The normalized spacial score (nSPS) is 14.7. The largest absolute Gasteiger partial charge is 0.465 e. The van der Waals surface area contributed by atoms with E-state index < -0.39 is 4.32 Å². The highest BCUT2D eigenvalue weighted by molar-refractivity contribution is 9.10. The minimum atomic E-state index is -0.818. The van der Waals surface area contributed by atoms with E-state index in [2.05, 4.69) is 20.9 Å². The molecule has 0 amide bonds. The number of alkyl halides is 1. The Morgan fingerprint density at radius 2 is 2.33 bits per heavy atom. The van der Waals surface area contributed by atoms with Gasteiger partial charge in [0.1, 0.15) is 5.01 Å². The maximum atomic E-state index is 11.7. The summed E-state index contributed by atoms with van der Waals surface area (Å²) in [5, 5.41) is 2.71. The summed E-state index contributed by atoms with van der Waals surface area (Å²) >= 11 is 4.85. The van der Waals surface area contributed by atoms with E-state index in [0.29, 0.717) is 6.61 Å². The third kappa shape index (κ3) is 2.78. The van der Waals surface area contributed by atoms with Crippen LogP contribution in [0.3, 0.4) is 0 Å². The predicted molar refractivity (Wildman–Crippen MR) is 64.4 cm³/mol. The van der Waals surface area contributed by atoms with Gasteiger partial charge in [-0.3, -0.25) is 4.79 Å². The van der Waals surface area contributed by atoms with E-state index in [1.54, 1.807) is 13.8 Å². The molecule has 0 unspecified atom stereocenters. The number of aromatic nitrogens is 1. The Balaban J connectivity index is 2.89. The minimum Gasteiger partial charge on any atom is -0.465 e. The Morgan fingerprint density at radius 3 is 2.80 bits per heavy atom. The van der Waals surface area contributed by atoms with Crippen LogP contribution in [0.4, 0.5) is 0 Å². The molecule has 0 aliphatic heterocycles. The lowest BCUT2D eigenvalue weighted by Crippen LogP contribution is -2.27. The van der Waals surface area contributed by atoms with Crippen LogP contribution in [0.15, 0.2) is 5.38 Å². The molecule has 0 bridgehead atoms. The Labute approximate surface area is 102 Å². The van der Waals surface area contributed by atoms with Crippen molar-refractivity contribution in [2.45, 2.75) is 31.5 Å². The number of aryl methyl sites for hydroxylation is 1. The zero-order valence-corrected chi connectivity index (χ0v) is 11.4. The van der Waals surface area contributed by atoms with Crippen molar-refractivity contribution < 1.29 is 9.53 Å². The van der Waals surface area contributed by atoms with Crippen molar-refractivity contribution in [1.29, 1.82) is 0 Å². The molecule has 1 atom stereocenters. The van der Waals surface area contributed by atoms with Gasteiger partial charge < -0.3 is 4.74 Å². The summed E-state index contributed by atoms with van der Waals surface area (Å²) in [6.07, 6.45) is 0.877. The fraction of sp³-hybridized carbons (Fsp3) is 0.600. The molecule has 0 spiro atoms. The monoisotopic (exact) mass is 291 g/mol. The van der Waals surface area contributed by atoms with E-state index in [9.17, 15) is 4.79 Å². The van der Waals surface area contributed by atoms with Crippen LogP contribution in [0.25, 0.3) is 0 Å². The molecular weight excluding hydrogens is 278 g/mol. The summed E-state index contributed by atoms with van der Waals surface area (Å²) in [4.78, 5) is 16.0. The molecule has 0 aromatic carbocycles. The van der Waals surface area contributed by atoms with Gasteiger partial charge in [0.2, 0.25) is 0 Å². The first-order valence-corrected chi connectivity index (χ1v) is 6.50. The molecule has 0 saturated carbocycles. The van der Waals surface area contributed by atoms with E-state index in [1.807, 2.05) is 12.3 Å². The topological polar surface area (TPSA) is 39.2 Å². The quantitative estimate of drug-likeness (QED) is 0.633. The molecule has 1 heterocycles. The van der Waals surface area contributed by atoms with E-state index in [0.717, 1.165) is 17.1 Å². The molecule has 15 heavy (non-hydrogen) atoms. The van der Waals surface area contributed by atoms with Crippen molar-refractivity contribution in [2.24, 2.45) is 0 Å². The second-order valence-corrected chi connectivity index (χ2v) is 5.67. The van der Waals surface area contributed by atoms with Crippen molar-refractivity contribution in [3.05, 3.63) is 16.1 Å². The van der Waals surface area contributed by atoms with Crippen LogP contribution in [0.2, 0.25) is 0 Å². The summed E-state index contributed by atoms with van der Waals surface area (Å²) < 4.78 is 4.17. The number of nitrogens with zero attached hydrogens (tertiary/aromatic N) is 1. The lowest BCUT2D eigenvalue weighted by molar-refractivity contribution is -0.145. The zero-order chi connectivity index (χ0) is 11.5. The zero-order valence-electron chi connectivity index (χ0n) is 9.04. The van der Waals surface area contributed by atoms with Crippen molar-refractivity contribution in [2.75, 3.05) is 6.61 Å². The number of carbonyl (C=O) groups is 1. The van der Waals surface area contributed by atoms with Crippen molar-refractivity contribution in [3.8, 4) is 0 Å². The van der Waals surface area contributed by atoms with Gasteiger partial charge in [0.15, 0.2) is 4.32 Å². The number of thiazole rings is 1. The summed E-state index contributed by atoms with van der Waals surface area (Å²) in [7, 11) is 0. The second-order valence-electron chi connectivity index (χ2n) is 3.22. The van der Waals surface area contributed by atoms with Crippen LogP contribution in [-0.2, 0) is 20.3 Å². The molecule has 1 aromatic heterocycles. The van der Waals surface area contributed by atoms with Crippen LogP contribution in [0.5, 0.6) is 0 Å². The van der Waals surface area contributed by atoms with Crippen LogP contribution in [0.1, 0.15) is 31.5 Å². The average Bonchev–Trinajstić information content (AvgIpc) is 2.66. The van der Waals surface area contributed by atoms with Crippen molar-refractivity contribution in [1.82, 2.24) is 4.98 Å². The first kappa shape index (κ1) is 12.6. The number of hydrogen-bond donors (Lipinski definition) is 0. The SMILES string of the molecule is CCOC(=O)[C@@](C)(Br)c1nc(CC)cs1. The van der Waals surface area contributed by atoms with Crippen LogP contribution < -0.4 is 0 Å². The first-order valence-electron chi connectivity index (χ1n) is 4.83. The van der Waals surface area contributed by atoms with Crippen molar-refractivity contribution >= 4 is 33.2 Å². The van der Waals surface area contributed by atoms with Crippen LogP contribution in [0, 0.1) is 0 Å². The van der Waals surface area contributed by atoms with Crippen LogP contribution >= 0.6 is 27.3 Å². The van der Waals surface area contributed by atoms with Gasteiger partial charge in [-0.1, -0.05) is 22.9 Å². The van der Waals surface area contributed by atoms with E-state index in [-0.39, 0.29) is 5.97 Å². The lowest BCUT2D eigenvalue weighted by Gasteiger charge is -2.17. The molecule has 0 N–H and O–H groups in total. The van der Waals surface area contributed by atoms with E-state index in [4.69, 9.17) is 4.74 Å². The molecule has 84 valence electrons. The van der Waals surface area contributed by atoms with Gasteiger partial charge in [0.05, 0.1) is 12.3 Å². The number of halogens is 1. The van der Waals surface area contributed by atoms with Gasteiger partial charge in [0.25, 0.3) is 0 Å². The van der Waals surface area contributed by atoms with Crippen LogP contribution in [-0.4, -0.2) is 17.6 Å². The summed E-state index contributed by atoms with van der Waals surface area (Å²) in [5.41, 5.74) is 1.00. The third-order valence-corrected chi connectivity index (χ3v) is 4.05. The maximum Gasteiger partial charge on any atom is 0.329 e. The predicted octanol–water partition coefficient (Wildman–Crippen LogP) is 2.88. The summed E-state index contributed by atoms with van der Waals surface area (Å²) in [6, 6.07) is 0. The van der Waals surface area contributed by atoms with E-state index >= 15 is 0 Å². The fourth-order valence-corrected chi connectivity index (χ4v) is 2.46. The smallest absolute Gasteiger partial charge is 0.329 e. The molecule has 0 saturated heterocycles. The average molecular weight is 292 g/mol. The van der Waals surface area contributed by atoms with Gasteiger partial charge in [-0.05, 0) is 20.3 Å². The summed E-state index contributed by atoms with van der Waals surface area (Å²) in [5.74, 6) is -0.290. The fourth-order valence-electron chi connectivity index (χ4n) is 1.04. The highest BCUT2D eigenvalue weighted by Crippen LogP contribution is 2.34. The van der Waals surface area contributed by atoms with E-state index in [1.165, 1.54) is 11.3 Å². The standard InChI is InChI=1S/C10H14BrNO2S/c1-4-7-6-15-8(12-7)10(3,11)9(13)14-5-2/h6H,4-5H2,1-3H3/t10-/m0/s1. The van der Waals surface area contributed by atoms with Gasteiger partial charge in [-0.2, -0.15) is 0 Å². The molecule has 0 aliphatic carbocycles. The molecule has 0 radical (unpaired) electrons. The lowest BCUT2D eigenvalue weighted by atomic mass is 10.2. The summed E-state index contributed by atoms with van der Waals surface area (Å²) in [6.45, 7) is 5.98. The van der Waals surface area contributed by atoms with Gasteiger partial charge in [0, 0.05) is 5.38 Å². The number of ether oxygens (including phenoxy) is 1. The number of esters is 1. The molecule has 0 fully saturated rings. The molecule has 0 aliphatic rings. The highest BCUT2D eigenvalue weighted by Gasteiger charge is 2.36. The Hall–Kier alpha value is -0.420. The maximum absolute atomic E-state index is 11.7. The molecular formula is C10H14BrNO2S. The molecule has 1 rings (SSSR count). The molecule has 3 nitrogen and oxygen atoms in total. The highest BCUT2D eigenvalue weighted by atomic mass is 79.9. The molecule has 5 heteroatoms. The first-order chi connectivity index (χ1) is 7.02. The van der Waals surface area contributed by atoms with Gasteiger partial charge in [-0.25, -0.2) is 4.98 Å². The van der Waals surface area contributed by atoms with Crippen molar-refractivity contribution in [3.63, 3.8) is 0 Å². The Kier molecular flexibility index (Phi) is 4.28. The Bertz CT molecular complexity index is 349. The number of rotatable bonds is 4. The van der Waals surface area contributed by atoms with Gasteiger partial charge >= 0.3 is 5.97 Å². The second kappa shape index (κ2) is 5.07. The number of carbonyl (C=O) groups excluding carboxylic acids is 1. The van der Waals surface area contributed by atoms with Gasteiger partial charge in [-0.15, -0.1) is 11.3 Å². The minimum absolute atomic E-state index is 0.290. The number of hydrogen-bond acceptors (Lipinski definition) is 4. The third-order valence-electron chi connectivity index (χ3n) is 1.97.